The lowest BCUT2D eigenvalue weighted by Gasteiger charge is -2.14. The molecule has 0 bridgehead atoms. The maximum Gasteiger partial charge on any atom is 0.326 e. The second kappa shape index (κ2) is 8.31. The third-order valence-electron chi connectivity index (χ3n) is 2.84. The largest absolute Gasteiger partial charge is 0.481 e. The van der Waals surface area contributed by atoms with Crippen LogP contribution in [0.5, 0.6) is 0 Å². The molecular formula is C14H17NO5S. The van der Waals surface area contributed by atoms with E-state index >= 15 is 0 Å². The van der Waals surface area contributed by atoms with Gasteiger partial charge >= 0.3 is 11.9 Å². The molecule has 0 aromatic heterocycles. The predicted molar refractivity (Wildman–Crippen MR) is 78.6 cm³/mol. The van der Waals surface area contributed by atoms with E-state index in [1.165, 1.54) is 0 Å². The van der Waals surface area contributed by atoms with Gasteiger partial charge in [-0.05, 0) is 43.4 Å². The summed E-state index contributed by atoms with van der Waals surface area (Å²) < 4.78 is 0. The van der Waals surface area contributed by atoms with Gasteiger partial charge in [-0.25, -0.2) is 4.79 Å². The van der Waals surface area contributed by atoms with Gasteiger partial charge in [0.25, 0.3) is 5.91 Å². The van der Waals surface area contributed by atoms with Gasteiger partial charge in [-0.3, -0.25) is 9.59 Å². The molecule has 1 amide bonds. The van der Waals surface area contributed by atoms with Gasteiger partial charge in [0, 0.05) is 16.9 Å². The highest BCUT2D eigenvalue weighted by Crippen LogP contribution is 2.15. The van der Waals surface area contributed by atoms with Crippen molar-refractivity contribution in [2.24, 2.45) is 0 Å². The first-order chi connectivity index (χ1) is 9.93. The Bertz CT molecular complexity index is 515. The first-order valence-electron chi connectivity index (χ1n) is 6.33. The third-order valence-corrected chi connectivity index (χ3v) is 3.58. The Morgan fingerprint density at radius 3 is 2.29 bits per heavy atom. The molecule has 0 aliphatic heterocycles. The smallest absolute Gasteiger partial charge is 0.326 e. The Balaban J connectivity index is 2.62. The summed E-state index contributed by atoms with van der Waals surface area (Å²) in [5.74, 6) is -2.64. The molecule has 21 heavy (non-hydrogen) atoms. The zero-order valence-corrected chi connectivity index (χ0v) is 12.4. The molecule has 1 aromatic carbocycles. The number of carboxylic acid groups (broad SMARTS) is 2. The van der Waals surface area contributed by atoms with Crippen molar-refractivity contribution >= 4 is 29.6 Å². The van der Waals surface area contributed by atoms with Crippen molar-refractivity contribution in [2.75, 3.05) is 6.26 Å². The van der Waals surface area contributed by atoms with Crippen LogP contribution in [0, 0.1) is 0 Å². The number of carbonyl (C=O) groups excluding carboxylic acids is 1. The minimum atomic E-state index is -1.17. The first-order valence-corrected chi connectivity index (χ1v) is 7.56. The number of nitrogens with one attached hydrogen (secondary N) is 1. The van der Waals surface area contributed by atoms with Gasteiger partial charge in [0.1, 0.15) is 6.04 Å². The second-order valence-electron chi connectivity index (χ2n) is 4.38. The van der Waals surface area contributed by atoms with Crippen molar-refractivity contribution in [3.8, 4) is 0 Å². The molecule has 0 fully saturated rings. The van der Waals surface area contributed by atoms with Gasteiger partial charge in [0.05, 0.1) is 0 Å². The Labute approximate surface area is 126 Å². The van der Waals surface area contributed by atoms with Crippen LogP contribution in [0.15, 0.2) is 29.2 Å². The van der Waals surface area contributed by atoms with Gasteiger partial charge in [-0.2, -0.15) is 0 Å². The average Bonchev–Trinajstić information content (AvgIpc) is 2.45. The van der Waals surface area contributed by atoms with E-state index in [0.717, 1.165) is 4.90 Å². The Hall–Kier alpha value is -2.02. The van der Waals surface area contributed by atoms with Crippen molar-refractivity contribution in [1.82, 2.24) is 5.32 Å². The molecule has 1 atom stereocenters. The first kappa shape index (κ1) is 17.0. The number of thioether (sulfide) groups is 1. The number of hydrogen-bond acceptors (Lipinski definition) is 4. The van der Waals surface area contributed by atoms with E-state index in [0.29, 0.717) is 5.56 Å². The number of carbonyl (C=O) groups is 3. The molecule has 3 N–H and O–H groups in total. The molecule has 0 saturated carbocycles. The molecule has 6 nitrogen and oxygen atoms in total. The summed E-state index contributed by atoms with van der Waals surface area (Å²) in [6.07, 6.45) is 2.06. The molecule has 0 aliphatic carbocycles. The zero-order chi connectivity index (χ0) is 15.8. The van der Waals surface area contributed by atoms with Crippen molar-refractivity contribution in [2.45, 2.75) is 30.2 Å². The molecule has 1 rings (SSSR count). The van der Waals surface area contributed by atoms with E-state index in [1.807, 2.05) is 6.26 Å². The highest BCUT2D eigenvalue weighted by atomic mass is 32.2. The SMILES string of the molecule is CSc1ccc(C(=O)N[C@H](CCCC(=O)O)C(=O)O)cc1. The Morgan fingerprint density at radius 2 is 1.81 bits per heavy atom. The normalized spacial score (nSPS) is 11.7. The molecular weight excluding hydrogens is 294 g/mol. The van der Waals surface area contributed by atoms with E-state index in [4.69, 9.17) is 10.2 Å². The lowest BCUT2D eigenvalue weighted by molar-refractivity contribution is -0.140. The quantitative estimate of drug-likeness (QED) is 0.633. The second-order valence-corrected chi connectivity index (χ2v) is 5.26. The zero-order valence-electron chi connectivity index (χ0n) is 11.5. The van der Waals surface area contributed by atoms with Crippen molar-refractivity contribution < 1.29 is 24.6 Å². The topological polar surface area (TPSA) is 104 Å². The van der Waals surface area contributed by atoms with Crippen molar-refractivity contribution in [1.29, 1.82) is 0 Å². The Kier molecular flexibility index (Phi) is 6.74. The maximum atomic E-state index is 12.0. The van der Waals surface area contributed by atoms with Gasteiger partial charge < -0.3 is 15.5 Å². The Morgan fingerprint density at radius 1 is 1.19 bits per heavy atom. The van der Waals surface area contributed by atoms with Crippen LogP contribution in [-0.2, 0) is 9.59 Å². The van der Waals surface area contributed by atoms with Crippen molar-refractivity contribution in [3.05, 3.63) is 29.8 Å². The fourth-order valence-corrected chi connectivity index (χ4v) is 2.11. The van der Waals surface area contributed by atoms with Gasteiger partial charge in [0.15, 0.2) is 0 Å². The molecule has 0 aliphatic rings. The molecule has 0 saturated heterocycles. The fourth-order valence-electron chi connectivity index (χ4n) is 1.70. The van der Waals surface area contributed by atoms with Crippen molar-refractivity contribution in [3.63, 3.8) is 0 Å². The third kappa shape index (κ3) is 5.86. The van der Waals surface area contributed by atoms with Gasteiger partial charge in [-0.1, -0.05) is 0 Å². The van der Waals surface area contributed by atoms with Crippen LogP contribution in [0.4, 0.5) is 0 Å². The monoisotopic (exact) mass is 311 g/mol. The average molecular weight is 311 g/mol. The standard InChI is InChI=1S/C14H17NO5S/c1-21-10-7-5-9(6-8-10)13(18)15-11(14(19)20)3-2-4-12(16)17/h5-8,11H,2-4H2,1H3,(H,15,18)(H,16,17)(H,19,20)/t11-/m1/s1. The van der Waals surface area contributed by atoms with Crippen LogP contribution in [-0.4, -0.2) is 40.4 Å². The molecule has 7 heteroatoms. The number of hydrogen-bond donors (Lipinski definition) is 3. The van der Waals surface area contributed by atoms with Crippen LogP contribution in [0.25, 0.3) is 0 Å². The van der Waals surface area contributed by atoms with Crippen LogP contribution < -0.4 is 5.32 Å². The number of aliphatic carboxylic acids is 2. The lowest BCUT2D eigenvalue weighted by Crippen LogP contribution is -2.40. The van der Waals surface area contributed by atoms with Crippen LogP contribution >= 0.6 is 11.8 Å². The van der Waals surface area contributed by atoms with Crippen LogP contribution in [0.3, 0.4) is 0 Å². The predicted octanol–water partition coefficient (Wildman–Crippen LogP) is 1.85. The molecule has 0 spiro atoms. The van der Waals surface area contributed by atoms with E-state index in [2.05, 4.69) is 5.32 Å². The summed E-state index contributed by atoms with van der Waals surface area (Å²) in [5.41, 5.74) is 0.372. The summed E-state index contributed by atoms with van der Waals surface area (Å²) >= 11 is 1.54. The van der Waals surface area contributed by atoms with E-state index < -0.39 is 23.9 Å². The maximum absolute atomic E-state index is 12.0. The van der Waals surface area contributed by atoms with E-state index in [1.54, 1.807) is 36.0 Å². The molecule has 1 aromatic rings. The van der Waals surface area contributed by atoms with Crippen LogP contribution in [0.1, 0.15) is 29.6 Å². The number of carboxylic acids is 2. The van der Waals surface area contributed by atoms with Crippen LogP contribution in [0.2, 0.25) is 0 Å². The fraction of sp³-hybridized carbons (Fsp3) is 0.357. The number of amides is 1. The summed E-state index contributed by atoms with van der Waals surface area (Å²) in [6, 6.07) is 5.71. The highest BCUT2D eigenvalue weighted by Gasteiger charge is 2.20. The van der Waals surface area contributed by atoms with Gasteiger partial charge in [-0.15, -0.1) is 11.8 Å². The number of rotatable bonds is 8. The summed E-state index contributed by atoms with van der Waals surface area (Å²) in [4.78, 5) is 34.5. The number of benzene rings is 1. The minimum Gasteiger partial charge on any atom is -0.481 e. The summed E-state index contributed by atoms with van der Waals surface area (Å²) in [6.45, 7) is 0. The lowest BCUT2D eigenvalue weighted by atomic mass is 10.1. The summed E-state index contributed by atoms with van der Waals surface area (Å²) in [7, 11) is 0. The van der Waals surface area contributed by atoms with E-state index in [-0.39, 0.29) is 19.3 Å². The molecule has 114 valence electrons. The van der Waals surface area contributed by atoms with Gasteiger partial charge in [0.2, 0.25) is 0 Å². The minimum absolute atomic E-state index is 0.0796. The molecule has 0 heterocycles. The molecule has 0 unspecified atom stereocenters. The molecule has 0 radical (unpaired) electrons. The highest BCUT2D eigenvalue weighted by molar-refractivity contribution is 7.98. The van der Waals surface area contributed by atoms with E-state index in [9.17, 15) is 14.4 Å². The summed E-state index contributed by atoms with van der Waals surface area (Å²) in [5, 5.41) is 20.0.